The molecule has 0 N–H and O–H groups in total. The smallest absolute Gasteiger partial charge is 0.0856 e. The third-order valence-electron chi connectivity index (χ3n) is 2.58. The van der Waals surface area contributed by atoms with E-state index in [-0.39, 0.29) is 5.38 Å². The molecule has 0 amide bonds. The number of hydrogen-bond acceptors (Lipinski definition) is 1. The van der Waals surface area contributed by atoms with E-state index in [0.29, 0.717) is 0 Å². The predicted octanol–water partition coefficient (Wildman–Crippen LogP) is 6.06. The van der Waals surface area contributed by atoms with Crippen molar-refractivity contribution in [1.82, 2.24) is 0 Å². The van der Waals surface area contributed by atoms with E-state index in [1.54, 1.807) is 11.3 Å². The molecule has 4 heteroatoms. The zero-order valence-corrected chi connectivity index (χ0v) is 14.7. The molecule has 0 fully saturated rings. The molecule has 2 aromatic rings. The minimum atomic E-state index is -0.0654. The summed E-state index contributed by atoms with van der Waals surface area (Å²) < 4.78 is 2.28. The van der Waals surface area contributed by atoms with Crippen LogP contribution in [0.15, 0.2) is 28.7 Å². The Morgan fingerprint density at radius 3 is 2.53 bits per heavy atom. The lowest BCUT2D eigenvalue weighted by Gasteiger charge is -2.12. The molecule has 0 radical (unpaired) electrons. The molecule has 2 rings (SSSR count). The highest BCUT2D eigenvalue weighted by Gasteiger charge is 2.18. The lowest BCUT2D eigenvalue weighted by molar-refractivity contribution is 1.12. The van der Waals surface area contributed by atoms with E-state index in [4.69, 9.17) is 11.6 Å². The lowest BCUT2D eigenvalue weighted by atomic mass is 10.1. The van der Waals surface area contributed by atoms with Crippen molar-refractivity contribution in [2.24, 2.45) is 0 Å². The molecule has 1 unspecified atom stereocenters. The Balaban J connectivity index is 2.46. The zero-order chi connectivity index (χ0) is 12.6. The molecule has 1 heterocycles. The Labute approximate surface area is 133 Å². The van der Waals surface area contributed by atoms with Crippen molar-refractivity contribution in [1.29, 1.82) is 0 Å². The topological polar surface area (TPSA) is 0 Å². The molecule has 90 valence electrons. The summed E-state index contributed by atoms with van der Waals surface area (Å²) in [5.74, 6) is 0. The van der Waals surface area contributed by atoms with Crippen LogP contribution in [0.4, 0.5) is 0 Å². The number of aryl methyl sites for hydroxylation is 2. The van der Waals surface area contributed by atoms with Gasteiger partial charge >= 0.3 is 0 Å². The maximum Gasteiger partial charge on any atom is 0.0856 e. The molecule has 0 aliphatic rings. The van der Waals surface area contributed by atoms with E-state index in [1.165, 1.54) is 24.5 Å². The monoisotopic (exact) mass is 440 g/mol. The first-order valence-electron chi connectivity index (χ1n) is 5.15. The summed E-state index contributed by atoms with van der Waals surface area (Å²) in [6, 6.07) is 8.42. The standard InChI is InChI=1S/C13H11BrClIS/c1-7-5-10(8(2)17-7)13(15)11-6-9(14)3-4-12(11)16/h3-6,13H,1-2H3. The van der Waals surface area contributed by atoms with E-state index in [9.17, 15) is 0 Å². The Morgan fingerprint density at radius 2 is 1.94 bits per heavy atom. The number of hydrogen-bond donors (Lipinski definition) is 0. The summed E-state index contributed by atoms with van der Waals surface area (Å²) in [7, 11) is 0. The van der Waals surface area contributed by atoms with Crippen molar-refractivity contribution in [2.75, 3.05) is 0 Å². The Bertz CT molecular complexity index is 550. The van der Waals surface area contributed by atoms with Crippen LogP contribution in [0.3, 0.4) is 0 Å². The van der Waals surface area contributed by atoms with Crippen LogP contribution >= 0.6 is 61.5 Å². The van der Waals surface area contributed by atoms with Gasteiger partial charge < -0.3 is 0 Å². The van der Waals surface area contributed by atoms with Crippen LogP contribution < -0.4 is 0 Å². The van der Waals surface area contributed by atoms with Gasteiger partial charge in [0.25, 0.3) is 0 Å². The zero-order valence-electron chi connectivity index (χ0n) is 9.43. The molecule has 0 nitrogen and oxygen atoms in total. The fraction of sp³-hybridized carbons (Fsp3) is 0.231. The van der Waals surface area contributed by atoms with Gasteiger partial charge in [-0.05, 0) is 71.8 Å². The van der Waals surface area contributed by atoms with Gasteiger partial charge in [-0.1, -0.05) is 15.9 Å². The molecule has 0 bridgehead atoms. The van der Waals surface area contributed by atoms with Crippen LogP contribution in [0, 0.1) is 17.4 Å². The van der Waals surface area contributed by atoms with E-state index in [1.807, 2.05) is 6.07 Å². The van der Waals surface area contributed by atoms with Crippen LogP contribution in [-0.2, 0) is 0 Å². The highest BCUT2D eigenvalue weighted by atomic mass is 127. The second-order valence-corrected chi connectivity index (χ2v) is 7.87. The number of benzene rings is 1. The van der Waals surface area contributed by atoms with Gasteiger partial charge in [0.05, 0.1) is 5.38 Å². The summed E-state index contributed by atoms with van der Waals surface area (Å²) >= 11 is 14.2. The van der Waals surface area contributed by atoms with Gasteiger partial charge in [0.1, 0.15) is 0 Å². The third-order valence-corrected chi connectivity index (χ3v) is 5.51. The summed E-state index contributed by atoms with van der Waals surface area (Å²) in [6.45, 7) is 4.25. The fourth-order valence-corrected chi connectivity index (χ4v) is 4.42. The molecule has 0 saturated carbocycles. The molecule has 1 atom stereocenters. The highest BCUT2D eigenvalue weighted by molar-refractivity contribution is 14.1. The Kier molecular flexibility index (Phi) is 4.55. The van der Waals surface area contributed by atoms with Crippen LogP contribution in [0.25, 0.3) is 0 Å². The molecular weight excluding hydrogens is 430 g/mol. The van der Waals surface area contributed by atoms with Gasteiger partial charge in [0.15, 0.2) is 0 Å². The van der Waals surface area contributed by atoms with Crippen molar-refractivity contribution in [3.63, 3.8) is 0 Å². The van der Waals surface area contributed by atoms with E-state index >= 15 is 0 Å². The van der Waals surface area contributed by atoms with Crippen molar-refractivity contribution in [3.8, 4) is 0 Å². The minimum Gasteiger partial charge on any atom is -0.146 e. The molecule has 17 heavy (non-hydrogen) atoms. The van der Waals surface area contributed by atoms with Gasteiger partial charge in [-0.3, -0.25) is 0 Å². The first-order chi connectivity index (χ1) is 7.99. The molecule has 0 aliphatic carbocycles. The summed E-state index contributed by atoms with van der Waals surface area (Å²) in [5.41, 5.74) is 2.40. The average Bonchev–Trinajstić information content (AvgIpc) is 2.60. The summed E-state index contributed by atoms with van der Waals surface area (Å²) in [4.78, 5) is 2.62. The van der Waals surface area contributed by atoms with E-state index in [0.717, 1.165) is 4.47 Å². The lowest BCUT2D eigenvalue weighted by Crippen LogP contribution is -1.96. The predicted molar refractivity (Wildman–Crippen MR) is 88.3 cm³/mol. The largest absolute Gasteiger partial charge is 0.146 e. The van der Waals surface area contributed by atoms with Crippen LogP contribution in [0.5, 0.6) is 0 Å². The van der Waals surface area contributed by atoms with Gasteiger partial charge in [-0.2, -0.15) is 0 Å². The Hall–Kier alpha value is 0.420. The van der Waals surface area contributed by atoms with Crippen molar-refractivity contribution in [3.05, 3.63) is 53.2 Å². The molecule has 0 saturated heterocycles. The van der Waals surface area contributed by atoms with E-state index < -0.39 is 0 Å². The van der Waals surface area contributed by atoms with Crippen molar-refractivity contribution < 1.29 is 0 Å². The van der Waals surface area contributed by atoms with Crippen LogP contribution in [0.1, 0.15) is 26.3 Å². The molecule has 0 aliphatic heterocycles. The second kappa shape index (κ2) is 5.59. The van der Waals surface area contributed by atoms with E-state index in [2.05, 4.69) is 70.6 Å². The first-order valence-corrected chi connectivity index (χ1v) is 8.27. The Morgan fingerprint density at radius 1 is 1.24 bits per heavy atom. The van der Waals surface area contributed by atoms with Gasteiger partial charge in [-0.25, -0.2) is 0 Å². The second-order valence-electron chi connectivity index (χ2n) is 3.90. The minimum absolute atomic E-state index is 0.0654. The number of halogens is 3. The highest BCUT2D eigenvalue weighted by Crippen LogP contribution is 2.37. The summed E-state index contributed by atoms with van der Waals surface area (Å²) in [6.07, 6.45) is 0. The number of alkyl halides is 1. The number of rotatable bonds is 2. The van der Waals surface area contributed by atoms with Crippen molar-refractivity contribution >= 4 is 61.5 Å². The maximum absolute atomic E-state index is 6.61. The number of thiophene rings is 1. The third kappa shape index (κ3) is 3.06. The normalized spacial score (nSPS) is 12.8. The van der Waals surface area contributed by atoms with Gasteiger partial charge in [-0.15, -0.1) is 22.9 Å². The molecule has 1 aromatic carbocycles. The van der Waals surface area contributed by atoms with Crippen LogP contribution in [0.2, 0.25) is 0 Å². The van der Waals surface area contributed by atoms with Crippen molar-refractivity contribution in [2.45, 2.75) is 19.2 Å². The van der Waals surface area contributed by atoms with Crippen LogP contribution in [-0.4, -0.2) is 0 Å². The van der Waals surface area contributed by atoms with Gasteiger partial charge in [0, 0.05) is 17.8 Å². The fourth-order valence-electron chi connectivity index (χ4n) is 1.78. The summed E-state index contributed by atoms with van der Waals surface area (Å²) in [5, 5.41) is -0.0654. The first kappa shape index (κ1) is 13.8. The average molecular weight is 442 g/mol. The van der Waals surface area contributed by atoms with Gasteiger partial charge in [0.2, 0.25) is 0 Å². The molecule has 0 spiro atoms. The SMILES string of the molecule is Cc1cc(C(Cl)c2cc(Br)ccc2I)c(C)s1. The molecular formula is C13H11BrClIS. The maximum atomic E-state index is 6.61. The molecule has 1 aromatic heterocycles. The quantitative estimate of drug-likeness (QED) is 0.393.